The van der Waals surface area contributed by atoms with Crippen LogP contribution in [-0.4, -0.2) is 98.4 Å². The molecule has 2 aliphatic heterocycles. The zero-order valence-electron chi connectivity index (χ0n) is 29.3. The minimum absolute atomic E-state index is 0. The zero-order chi connectivity index (χ0) is 35.5. The Balaban J connectivity index is 0.00000504. The zero-order valence-corrected chi connectivity index (χ0v) is 30.1. The van der Waals surface area contributed by atoms with Crippen molar-refractivity contribution in [2.45, 2.75) is 71.2 Å². The van der Waals surface area contributed by atoms with Crippen LogP contribution in [0.5, 0.6) is 0 Å². The van der Waals surface area contributed by atoms with Crippen LogP contribution >= 0.6 is 0 Å². The van der Waals surface area contributed by atoms with Crippen molar-refractivity contribution < 1.29 is 46.8 Å². The molecular weight excluding hydrogens is 674 g/mol. The number of anilines is 1. The van der Waals surface area contributed by atoms with E-state index in [0.717, 1.165) is 70.6 Å². The maximum absolute atomic E-state index is 14.0. The van der Waals surface area contributed by atoms with E-state index in [1.807, 2.05) is 24.3 Å². The highest BCUT2D eigenvalue weighted by molar-refractivity contribution is 6.10. The number of aliphatic hydroxyl groups is 4. The van der Waals surface area contributed by atoms with Crippen molar-refractivity contribution in [3.8, 4) is 22.5 Å². The molecule has 3 heterocycles. The Morgan fingerprint density at radius 2 is 1.67 bits per heavy atom. The minimum Gasteiger partial charge on any atom is -1.00 e. The van der Waals surface area contributed by atoms with Gasteiger partial charge in [0.1, 0.15) is 48.8 Å². The summed E-state index contributed by atoms with van der Waals surface area (Å²) in [4.78, 5) is 16.3. The second-order valence-electron chi connectivity index (χ2n) is 12.6. The number of nitrogens with zero attached hydrogens (tertiary/aromatic N) is 5. The van der Waals surface area contributed by atoms with Crippen LogP contribution in [0, 0.1) is 0 Å². The first-order chi connectivity index (χ1) is 24.2. The molecule has 0 saturated carbocycles. The Morgan fingerprint density at radius 3 is 2.37 bits per heavy atom. The maximum atomic E-state index is 14.0. The Kier molecular flexibility index (Phi) is 12.3. The van der Waals surface area contributed by atoms with E-state index in [2.05, 4.69) is 83.9 Å². The predicted molar refractivity (Wildman–Crippen MR) is 190 cm³/mol. The fourth-order valence-electron chi connectivity index (χ4n) is 6.90. The largest absolute Gasteiger partial charge is 1.00 e. The van der Waals surface area contributed by atoms with Gasteiger partial charge in [0.2, 0.25) is 5.36 Å². The number of hydrogen-bond donors (Lipinski definition) is 4. The van der Waals surface area contributed by atoms with Crippen molar-refractivity contribution in [3.05, 3.63) is 83.5 Å². The number of carbonyl (C=O) groups excluding carboxylic acids is 1. The summed E-state index contributed by atoms with van der Waals surface area (Å²) >= 11 is 0. The molecule has 3 aromatic rings. The molecular formula is C38H46ClN5O7. The molecule has 5 atom stereocenters. The summed E-state index contributed by atoms with van der Waals surface area (Å²) in [5.41, 5.74) is 5.50. The van der Waals surface area contributed by atoms with Crippen molar-refractivity contribution >= 4 is 22.4 Å². The summed E-state index contributed by atoms with van der Waals surface area (Å²) in [6.45, 7) is 11.4. The number of Topliss-reactive ketones (excluding diaryl/α,β-unsaturated/α-hetero) is 1. The van der Waals surface area contributed by atoms with Crippen LogP contribution in [0.3, 0.4) is 0 Å². The predicted octanol–water partition coefficient (Wildman–Crippen LogP) is 0.246. The van der Waals surface area contributed by atoms with Crippen molar-refractivity contribution in [3.63, 3.8) is 0 Å². The lowest BCUT2D eigenvalue weighted by Gasteiger charge is -2.39. The van der Waals surface area contributed by atoms with E-state index in [1.165, 1.54) is 10.9 Å². The molecule has 13 heteroatoms. The molecule has 0 amide bonds. The first-order valence-electron chi connectivity index (χ1n) is 17.4. The smallest absolute Gasteiger partial charge is 0.203 e. The molecule has 1 aliphatic carbocycles. The molecule has 2 aromatic carbocycles. The van der Waals surface area contributed by atoms with Crippen LogP contribution in [0.4, 0.5) is 5.69 Å². The molecule has 272 valence electrons. The Hall–Kier alpha value is -4.17. The topological polar surface area (TPSA) is 157 Å². The summed E-state index contributed by atoms with van der Waals surface area (Å²) < 4.78 is 15.7. The van der Waals surface area contributed by atoms with E-state index in [4.69, 9.17) is 9.15 Å². The maximum Gasteiger partial charge on any atom is 0.203 e. The highest BCUT2D eigenvalue weighted by Crippen LogP contribution is 2.42. The van der Waals surface area contributed by atoms with Gasteiger partial charge in [-0.2, -0.15) is 0 Å². The highest BCUT2D eigenvalue weighted by Gasteiger charge is 2.44. The minimum atomic E-state index is -1.54. The average Bonchev–Trinajstić information content (AvgIpc) is 3.61. The number of carbonyl (C=O) groups is 1. The molecule has 0 bridgehead atoms. The van der Waals surface area contributed by atoms with Gasteiger partial charge in [0.25, 0.3) is 0 Å². The summed E-state index contributed by atoms with van der Waals surface area (Å²) in [5, 5.41) is 50.6. The van der Waals surface area contributed by atoms with Gasteiger partial charge in [-0.1, -0.05) is 29.5 Å². The third kappa shape index (κ3) is 7.43. The van der Waals surface area contributed by atoms with Crippen LogP contribution in [0.1, 0.15) is 56.4 Å². The molecule has 1 fully saturated rings. The van der Waals surface area contributed by atoms with Gasteiger partial charge in [0.05, 0.1) is 24.6 Å². The average molecular weight is 720 g/mol. The molecule has 3 aliphatic rings. The lowest BCUT2D eigenvalue weighted by molar-refractivity contribution is -0.254. The van der Waals surface area contributed by atoms with Crippen LogP contribution in [0.2, 0.25) is 0 Å². The van der Waals surface area contributed by atoms with E-state index in [9.17, 15) is 25.2 Å². The normalized spacial score (nSPS) is 20.4. The van der Waals surface area contributed by atoms with E-state index in [0.29, 0.717) is 11.3 Å². The monoisotopic (exact) mass is 719 g/mol. The number of aryl methyl sites for hydroxylation is 1. The van der Waals surface area contributed by atoms with E-state index in [1.54, 1.807) is 0 Å². The summed E-state index contributed by atoms with van der Waals surface area (Å²) in [7, 11) is 0. The lowest BCUT2D eigenvalue weighted by Crippen LogP contribution is -3.00. The molecule has 6 rings (SSSR count). The van der Waals surface area contributed by atoms with Crippen molar-refractivity contribution in [2.75, 3.05) is 37.7 Å². The number of aromatic nitrogens is 3. The Morgan fingerprint density at radius 1 is 0.922 bits per heavy atom. The molecule has 12 nitrogen and oxygen atoms in total. The van der Waals surface area contributed by atoms with Gasteiger partial charge >= 0.3 is 0 Å². The first-order valence-corrected chi connectivity index (χ1v) is 17.4. The van der Waals surface area contributed by atoms with Crippen LogP contribution in [0.25, 0.3) is 33.4 Å². The van der Waals surface area contributed by atoms with Gasteiger partial charge < -0.3 is 46.9 Å². The number of aliphatic hydroxyl groups excluding tert-OH is 4. The van der Waals surface area contributed by atoms with Gasteiger partial charge in [-0.25, -0.2) is 9.26 Å². The highest BCUT2D eigenvalue weighted by atomic mass is 35.5. The molecule has 1 saturated heterocycles. The number of fused-ring (bicyclic) bond motifs is 2. The summed E-state index contributed by atoms with van der Waals surface area (Å²) in [6.07, 6.45) is -4.83. The van der Waals surface area contributed by atoms with E-state index < -0.39 is 37.3 Å². The van der Waals surface area contributed by atoms with Crippen LogP contribution < -0.4 is 27.2 Å². The molecule has 0 unspecified atom stereocenters. The molecule has 1 aromatic heterocycles. The van der Waals surface area contributed by atoms with E-state index >= 15 is 0 Å². The van der Waals surface area contributed by atoms with Gasteiger partial charge in [0.15, 0.2) is 12.0 Å². The fourth-order valence-corrected chi connectivity index (χ4v) is 6.90. The van der Waals surface area contributed by atoms with Gasteiger partial charge in [0, 0.05) is 65.8 Å². The second-order valence-corrected chi connectivity index (χ2v) is 12.6. The quantitative estimate of drug-likeness (QED) is 0.0801. The molecule has 0 radical (unpaired) electrons. The van der Waals surface area contributed by atoms with Crippen molar-refractivity contribution in [2.24, 2.45) is 0 Å². The summed E-state index contributed by atoms with van der Waals surface area (Å²) in [6, 6.07) is 20.2. The number of ether oxygens (including phenoxy) is 1. The fraction of sp³-hybridized carbons (Fsp3) is 0.421. The number of benzene rings is 3. The van der Waals surface area contributed by atoms with Crippen LogP contribution in [-0.2, 0) is 11.2 Å². The number of hydrogen-bond acceptors (Lipinski definition) is 10. The molecule has 4 N–H and O–H groups in total. The first kappa shape index (κ1) is 38.1. The third-order valence-corrected chi connectivity index (χ3v) is 9.74. The van der Waals surface area contributed by atoms with Crippen molar-refractivity contribution in [1.29, 1.82) is 0 Å². The number of rotatable bonds is 12. The second kappa shape index (κ2) is 16.4. The Labute approximate surface area is 303 Å². The summed E-state index contributed by atoms with van der Waals surface area (Å²) in [5.74, 6) is 0.658. The standard InChI is InChI=1S/C38H46N5O7.ClH/c1-5-41(6-2)24-14-16-28-31(19-24)49-32-20-25(42(7-3)8-4)15-17-29(32)34(28)27-12-10-9-11-26(27)30(45)18-13-23-21-43(40-39-23)38-37(48)36(47)35(46)33(22-44)50-38;/h9-12,14-17,19-21,33,35-38,44,46-48H,5-8,13,18,22H2,1-4H3;1H/q+1;/p-1/t33-,35-,36+,37-,38-;/m1./s1. The van der Waals surface area contributed by atoms with Gasteiger partial charge in [-0.05, 0) is 51.5 Å². The SMILES string of the molecule is CCN(CC)c1ccc2c(-c3ccccc3C(=O)CCc3cn([C@@H]4O[C@H](CO)[C@@H](O)[C@H](O)[C@H]4O)nn3)c3ccc(=[N+](CC)CC)cc-3oc2c1.[Cl-]. The lowest BCUT2D eigenvalue weighted by atomic mass is 9.88. The molecule has 0 spiro atoms. The van der Waals surface area contributed by atoms with Crippen molar-refractivity contribution in [1.82, 2.24) is 19.6 Å². The number of halogens is 1. The Bertz CT molecular complexity index is 2000. The van der Waals surface area contributed by atoms with Crippen LogP contribution in [0.15, 0.2) is 71.3 Å². The van der Waals surface area contributed by atoms with Gasteiger partial charge in [-0.3, -0.25) is 4.79 Å². The van der Waals surface area contributed by atoms with E-state index in [-0.39, 0.29) is 31.0 Å². The third-order valence-electron chi connectivity index (χ3n) is 9.74. The molecule has 51 heavy (non-hydrogen) atoms. The van der Waals surface area contributed by atoms with Gasteiger partial charge in [-0.15, -0.1) is 5.10 Å². The number of ketones is 1.